The minimum Gasteiger partial charge on any atom is -0.319 e. The van der Waals surface area contributed by atoms with Gasteiger partial charge in [0.05, 0.1) is 6.67 Å². The first-order valence-corrected chi connectivity index (χ1v) is 14.0. The van der Waals surface area contributed by atoms with Gasteiger partial charge >= 0.3 is 6.03 Å². The maximum atomic E-state index is 13.7. The van der Waals surface area contributed by atoms with E-state index in [1.165, 1.54) is 69.1 Å². The number of rotatable bonds is 19. The molecule has 1 N–H and O–H groups in total. The molecular formula is C29H49N3O2. The van der Waals surface area contributed by atoms with Gasteiger partial charge in [-0.05, 0) is 37.9 Å². The number of carbonyl (C=O) groups is 2. The van der Waals surface area contributed by atoms with Crippen molar-refractivity contribution in [1.29, 1.82) is 0 Å². The summed E-state index contributed by atoms with van der Waals surface area (Å²) >= 11 is 0. The average molecular weight is 472 g/mol. The first-order chi connectivity index (χ1) is 16.6. The molecule has 0 bridgehead atoms. The summed E-state index contributed by atoms with van der Waals surface area (Å²) in [5.41, 5.74) is -0.0462. The fraction of sp³-hybridized carbons (Fsp3) is 0.724. The summed E-state index contributed by atoms with van der Waals surface area (Å²) in [6, 6.07) is 9.50. The van der Waals surface area contributed by atoms with E-state index in [1.807, 2.05) is 30.3 Å². The van der Waals surface area contributed by atoms with E-state index >= 15 is 0 Å². The van der Waals surface area contributed by atoms with Crippen LogP contribution >= 0.6 is 0 Å². The second-order valence-corrected chi connectivity index (χ2v) is 9.98. The predicted octanol–water partition coefficient (Wildman–Crippen LogP) is 7.21. The maximum absolute atomic E-state index is 13.7. The zero-order chi connectivity index (χ0) is 24.7. The molecule has 1 atom stereocenters. The first-order valence-electron chi connectivity index (χ1n) is 14.0. The Balaban J connectivity index is 2.02. The van der Waals surface area contributed by atoms with Crippen LogP contribution in [0.25, 0.3) is 0 Å². The van der Waals surface area contributed by atoms with Crippen molar-refractivity contribution < 1.29 is 9.59 Å². The molecule has 5 heteroatoms. The number of unbranched alkanes of at least 4 members (excludes halogenated alkanes) is 10. The van der Waals surface area contributed by atoms with Crippen molar-refractivity contribution in [2.24, 2.45) is 0 Å². The van der Waals surface area contributed by atoms with E-state index in [-0.39, 0.29) is 11.9 Å². The van der Waals surface area contributed by atoms with Gasteiger partial charge in [-0.3, -0.25) is 9.69 Å². The molecule has 3 amide bonds. The van der Waals surface area contributed by atoms with Crippen LogP contribution in [0.5, 0.6) is 0 Å². The van der Waals surface area contributed by atoms with Crippen LogP contribution in [0.4, 0.5) is 4.79 Å². The fourth-order valence-corrected chi connectivity index (χ4v) is 5.05. The van der Waals surface area contributed by atoms with Crippen molar-refractivity contribution in [3.63, 3.8) is 0 Å². The van der Waals surface area contributed by atoms with Crippen LogP contribution in [0.3, 0.4) is 0 Å². The van der Waals surface area contributed by atoms with Gasteiger partial charge in [-0.1, -0.05) is 122 Å². The van der Waals surface area contributed by atoms with Crippen molar-refractivity contribution in [2.45, 2.75) is 116 Å². The first kappa shape index (κ1) is 28.4. The molecule has 1 heterocycles. The van der Waals surface area contributed by atoms with Crippen molar-refractivity contribution in [3.05, 3.63) is 35.9 Å². The third kappa shape index (κ3) is 8.41. The molecule has 1 aliphatic heterocycles. The number of urea groups is 1. The van der Waals surface area contributed by atoms with Crippen LogP contribution in [0.2, 0.25) is 0 Å². The lowest BCUT2D eigenvalue weighted by Crippen LogP contribution is -2.45. The van der Waals surface area contributed by atoms with Crippen molar-refractivity contribution >= 4 is 11.9 Å². The highest BCUT2D eigenvalue weighted by molar-refractivity contribution is 6.07. The maximum Gasteiger partial charge on any atom is 0.326 e. The quantitative estimate of drug-likeness (QED) is 0.171. The van der Waals surface area contributed by atoms with E-state index in [1.54, 1.807) is 0 Å². The summed E-state index contributed by atoms with van der Waals surface area (Å²) in [7, 11) is 0. The zero-order valence-electron chi connectivity index (χ0n) is 22.1. The second-order valence-electron chi connectivity index (χ2n) is 9.98. The normalized spacial score (nSPS) is 18.2. The molecule has 0 radical (unpaired) electrons. The highest BCUT2D eigenvalue weighted by Crippen LogP contribution is 2.33. The molecule has 2 rings (SSSR count). The minimum atomic E-state index is -0.931. The van der Waals surface area contributed by atoms with E-state index in [2.05, 4.69) is 31.0 Å². The van der Waals surface area contributed by atoms with E-state index in [0.717, 1.165) is 37.9 Å². The van der Waals surface area contributed by atoms with Gasteiger partial charge in [0.1, 0.15) is 5.54 Å². The van der Waals surface area contributed by atoms with Gasteiger partial charge in [0.25, 0.3) is 5.91 Å². The molecule has 0 aromatic heterocycles. The molecule has 192 valence electrons. The molecule has 1 aromatic rings. The minimum absolute atomic E-state index is 0.0959. The number of benzene rings is 1. The Morgan fingerprint density at radius 2 is 1.26 bits per heavy atom. The van der Waals surface area contributed by atoms with Crippen molar-refractivity contribution in [3.8, 4) is 0 Å². The standard InChI is InChI=1S/C29H49N3O2/c1-4-7-9-11-13-18-23-31(24-19-14-12-10-8-5-2)25-32-27(33)29(22-6-3,30-28(32)34)26-20-16-15-17-21-26/h15-17,20-21H,4-14,18-19,22-25H2,1-3H3,(H,30,34). The Morgan fingerprint density at radius 1 is 0.735 bits per heavy atom. The highest BCUT2D eigenvalue weighted by Gasteiger charge is 2.51. The van der Waals surface area contributed by atoms with Crippen LogP contribution in [0, 0.1) is 0 Å². The van der Waals surface area contributed by atoms with Gasteiger partial charge in [0.2, 0.25) is 0 Å². The monoisotopic (exact) mass is 471 g/mol. The summed E-state index contributed by atoms with van der Waals surface area (Å²) < 4.78 is 0. The van der Waals surface area contributed by atoms with Crippen LogP contribution < -0.4 is 5.32 Å². The summed E-state index contributed by atoms with van der Waals surface area (Å²) in [6.07, 6.45) is 16.4. The van der Waals surface area contributed by atoms with Crippen LogP contribution in [0.1, 0.15) is 116 Å². The smallest absolute Gasteiger partial charge is 0.319 e. The molecule has 0 aliphatic carbocycles. The molecule has 1 fully saturated rings. The van der Waals surface area contributed by atoms with Crippen molar-refractivity contribution in [2.75, 3.05) is 19.8 Å². The number of nitrogens with one attached hydrogen (secondary N) is 1. The molecule has 1 saturated heterocycles. The SMILES string of the molecule is CCCCCCCCN(CCCCCCCC)CN1C(=O)NC(CCC)(c2ccccc2)C1=O. The number of hydrogen-bond acceptors (Lipinski definition) is 3. The Morgan fingerprint density at radius 3 is 1.79 bits per heavy atom. The van der Waals surface area contributed by atoms with E-state index < -0.39 is 5.54 Å². The molecule has 34 heavy (non-hydrogen) atoms. The molecular weight excluding hydrogens is 422 g/mol. The third-order valence-corrected chi connectivity index (χ3v) is 7.06. The molecule has 1 unspecified atom stereocenters. The number of amides is 3. The van der Waals surface area contributed by atoms with Gasteiger partial charge < -0.3 is 5.32 Å². The lowest BCUT2D eigenvalue weighted by atomic mass is 9.85. The molecule has 0 spiro atoms. The van der Waals surface area contributed by atoms with Crippen LogP contribution in [-0.2, 0) is 10.3 Å². The number of imide groups is 1. The number of nitrogens with zero attached hydrogens (tertiary/aromatic N) is 2. The lowest BCUT2D eigenvalue weighted by molar-refractivity contribution is -0.133. The lowest BCUT2D eigenvalue weighted by Gasteiger charge is -2.29. The van der Waals surface area contributed by atoms with E-state index in [9.17, 15) is 9.59 Å². The number of hydrogen-bond donors (Lipinski definition) is 1. The summed E-state index contributed by atoms with van der Waals surface area (Å²) in [4.78, 5) is 30.5. The molecule has 0 saturated carbocycles. The Bertz CT molecular complexity index is 693. The van der Waals surface area contributed by atoms with E-state index in [4.69, 9.17) is 0 Å². The number of carbonyl (C=O) groups excluding carboxylic acids is 2. The predicted molar refractivity (Wildman–Crippen MR) is 142 cm³/mol. The van der Waals surface area contributed by atoms with Gasteiger partial charge in [-0.2, -0.15) is 0 Å². The molecule has 1 aliphatic rings. The average Bonchev–Trinajstić information content (AvgIpc) is 3.08. The van der Waals surface area contributed by atoms with Gasteiger partial charge in [0.15, 0.2) is 0 Å². The van der Waals surface area contributed by atoms with Gasteiger partial charge in [0, 0.05) is 0 Å². The van der Waals surface area contributed by atoms with Crippen LogP contribution in [-0.4, -0.2) is 41.5 Å². The van der Waals surface area contributed by atoms with Gasteiger partial charge in [-0.15, -0.1) is 0 Å². The topological polar surface area (TPSA) is 52.6 Å². The summed E-state index contributed by atoms with van der Waals surface area (Å²) in [6.45, 7) is 8.85. The van der Waals surface area contributed by atoms with E-state index in [0.29, 0.717) is 13.1 Å². The Hall–Kier alpha value is -1.88. The largest absolute Gasteiger partial charge is 0.326 e. The summed E-state index contributed by atoms with van der Waals surface area (Å²) in [5, 5.41) is 3.08. The summed E-state index contributed by atoms with van der Waals surface area (Å²) in [5.74, 6) is -0.0959. The molecule has 1 aromatic carbocycles. The second kappa shape index (κ2) is 15.9. The van der Waals surface area contributed by atoms with Gasteiger partial charge in [-0.25, -0.2) is 9.69 Å². The highest BCUT2D eigenvalue weighted by atomic mass is 16.2. The van der Waals surface area contributed by atoms with Crippen molar-refractivity contribution in [1.82, 2.24) is 15.1 Å². The molecule has 5 nitrogen and oxygen atoms in total. The Labute approximate surface area is 208 Å². The third-order valence-electron chi connectivity index (χ3n) is 7.06. The van der Waals surface area contributed by atoms with Crippen LogP contribution in [0.15, 0.2) is 30.3 Å². The zero-order valence-corrected chi connectivity index (χ0v) is 22.1. The Kier molecular flexibility index (Phi) is 13.3. The fourth-order valence-electron chi connectivity index (χ4n) is 5.05.